The molecule has 0 aromatic rings. The zero-order valence-electron chi connectivity index (χ0n) is 10.7. The summed E-state index contributed by atoms with van der Waals surface area (Å²) in [5, 5.41) is 9.66. The van der Waals surface area contributed by atoms with Crippen LogP contribution < -0.4 is 0 Å². The standard InChI is InChI=1S/C12H21NO4/c1-4-17-10(14)9-6-5-7-13(8-9)11(15)12(2,3)16/h9,16H,4-8H2,1-3H3. The molecule has 1 rings (SSSR count). The highest BCUT2D eigenvalue weighted by Gasteiger charge is 2.35. The average molecular weight is 243 g/mol. The van der Waals surface area contributed by atoms with Crippen LogP contribution in [-0.4, -0.2) is 47.2 Å². The largest absolute Gasteiger partial charge is 0.466 e. The van der Waals surface area contributed by atoms with Gasteiger partial charge in [-0.25, -0.2) is 0 Å². The number of esters is 1. The first-order valence-electron chi connectivity index (χ1n) is 6.04. The van der Waals surface area contributed by atoms with E-state index in [9.17, 15) is 14.7 Å². The third-order valence-corrected chi connectivity index (χ3v) is 2.85. The number of hydrogen-bond acceptors (Lipinski definition) is 4. The molecule has 1 unspecified atom stereocenters. The molecule has 98 valence electrons. The summed E-state index contributed by atoms with van der Waals surface area (Å²) in [6.07, 6.45) is 1.51. The molecule has 1 heterocycles. The van der Waals surface area contributed by atoms with Crippen molar-refractivity contribution in [2.75, 3.05) is 19.7 Å². The van der Waals surface area contributed by atoms with E-state index in [-0.39, 0.29) is 17.8 Å². The number of aliphatic hydroxyl groups is 1. The lowest BCUT2D eigenvalue weighted by Crippen LogP contribution is -2.50. The van der Waals surface area contributed by atoms with Crippen LogP contribution in [0.4, 0.5) is 0 Å². The van der Waals surface area contributed by atoms with Crippen molar-refractivity contribution in [1.29, 1.82) is 0 Å². The topological polar surface area (TPSA) is 66.8 Å². The van der Waals surface area contributed by atoms with Crippen LogP contribution in [0.5, 0.6) is 0 Å². The average Bonchev–Trinajstić information content (AvgIpc) is 2.27. The van der Waals surface area contributed by atoms with Gasteiger partial charge in [-0.2, -0.15) is 0 Å². The van der Waals surface area contributed by atoms with Gasteiger partial charge in [0, 0.05) is 13.1 Å². The van der Waals surface area contributed by atoms with Crippen molar-refractivity contribution in [2.45, 2.75) is 39.2 Å². The Balaban J connectivity index is 2.61. The van der Waals surface area contributed by atoms with Gasteiger partial charge in [-0.05, 0) is 33.6 Å². The van der Waals surface area contributed by atoms with Crippen molar-refractivity contribution in [3.63, 3.8) is 0 Å². The van der Waals surface area contributed by atoms with E-state index in [4.69, 9.17) is 4.74 Å². The van der Waals surface area contributed by atoms with E-state index in [0.717, 1.165) is 12.8 Å². The second-order valence-corrected chi connectivity index (χ2v) is 4.90. The molecule has 5 heteroatoms. The van der Waals surface area contributed by atoms with Gasteiger partial charge in [0.15, 0.2) is 0 Å². The van der Waals surface area contributed by atoms with Crippen LogP contribution in [-0.2, 0) is 14.3 Å². The normalized spacial score (nSPS) is 21.2. The molecule has 0 spiro atoms. The second kappa shape index (κ2) is 5.49. The minimum Gasteiger partial charge on any atom is -0.466 e. The molecule has 5 nitrogen and oxygen atoms in total. The molecular weight excluding hydrogens is 222 g/mol. The van der Waals surface area contributed by atoms with Crippen LogP contribution in [0.25, 0.3) is 0 Å². The van der Waals surface area contributed by atoms with E-state index in [1.165, 1.54) is 13.8 Å². The highest BCUT2D eigenvalue weighted by Crippen LogP contribution is 2.20. The molecule has 1 saturated heterocycles. The van der Waals surface area contributed by atoms with Gasteiger partial charge in [0.2, 0.25) is 0 Å². The van der Waals surface area contributed by atoms with Gasteiger partial charge in [0.1, 0.15) is 5.60 Å². The van der Waals surface area contributed by atoms with Crippen molar-refractivity contribution in [2.24, 2.45) is 5.92 Å². The zero-order chi connectivity index (χ0) is 13.1. The van der Waals surface area contributed by atoms with Crippen molar-refractivity contribution < 1.29 is 19.4 Å². The van der Waals surface area contributed by atoms with Gasteiger partial charge in [-0.15, -0.1) is 0 Å². The van der Waals surface area contributed by atoms with E-state index < -0.39 is 5.60 Å². The van der Waals surface area contributed by atoms with E-state index >= 15 is 0 Å². The summed E-state index contributed by atoms with van der Waals surface area (Å²) in [6, 6.07) is 0. The number of likely N-dealkylation sites (tertiary alicyclic amines) is 1. The Labute approximate surface area is 102 Å². The second-order valence-electron chi connectivity index (χ2n) is 4.90. The van der Waals surface area contributed by atoms with Gasteiger partial charge >= 0.3 is 5.97 Å². The highest BCUT2D eigenvalue weighted by molar-refractivity contribution is 5.85. The van der Waals surface area contributed by atoms with Crippen LogP contribution in [0.3, 0.4) is 0 Å². The first-order chi connectivity index (χ1) is 7.86. The van der Waals surface area contributed by atoms with Crippen LogP contribution in [0.15, 0.2) is 0 Å². The summed E-state index contributed by atoms with van der Waals surface area (Å²) in [4.78, 5) is 25.0. The molecule has 0 aromatic carbocycles. The molecule has 0 aromatic heterocycles. The summed E-state index contributed by atoms with van der Waals surface area (Å²) < 4.78 is 4.96. The number of amides is 1. The molecule has 1 fully saturated rings. The van der Waals surface area contributed by atoms with E-state index in [2.05, 4.69) is 0 Å². The molecule has 1 N–H and O–H groups in total. The lowest BCUT2D eigenvalue weighted by molar-refractivity contribution is -0.156. The van der Waals surface area contributed by atoms with Crippen LogP contribution in [0.2, 0.25) is 0 Å². The molecule has 17 heavy (non-hydrogen) atoms. The van der Waals surface area contributed by atoms with Crippen LogP contribution in [0, 0.1) is 5.92 Å². The third kappa shape index (κ3) is 3.70. The van der Waals surface area contributed by atoms with E-state index in [0.29, 0.717) is 19.7 Å². The minimum atomic E-state index is -1.38. The Bertz CT molecular complexity index is 295. The fourth-order valence-corrected chi connectivity index (χ4v) is 2.00. The quantitative estimate of drug-likeness (QED) is 0.735. The number of hydrogen-bond donors (Lipinski definition) is 1. The van der Waals surface area contributed by atoms with Crippen LogP contribution >= 0.6 is 0 Å². The van der Waals surface area contributed by atoms with Crippen molar-refractivity contribution in [3.05, 3.63) is 0 Å². The fourth-order valence-electron chi connectivity index (χ4n) is 2.00. The summed E-state index contributed by atoms with van der Waals surface area (Å²) in [5.41, 5.74) is -1.38. The Morgan fingerprint density at radius 3 is 2.65 bits per heavy atom. The Morgan fingerprint density at radius 2 is 2.12 bits per heavy atom. The molecular formula is C12H21NO4. The fraction of sp³-hybridized carbons (Fsp3) is 0.833. The number of carbonyl (C=O) groups is 2. The number of ether oxygens (including phenoxy) is 1. The maximum absolute atomic E-state index is 11.9. The predicted octanol–water partition coefficient (Wildman–Crippen LogP) is 0.559. The Hall–Kier alpha value is -1.10. The molecule has 0 saturated carbocycles. The van der Waals surface area contributed by atoms with E-state index in [1.807, 2.05) is 0 Å². The Kier molecular flexibility index (Phi) is 4.51. The summed E-state index contributed by atoms with van der Waals surface area (Å²) >= 11 is 0. The third-order valence-electron chi connectivity index (χ3n) is 2.85. The summed E-state index contributed by atoms with van der Waals surface area (Å²) in [6.45, 7) is 5.99. The molecule has 0 bridgehead atoms. The van der Waals surface area contributed by atoms with Gasteiger partial charge in [-0.1, -0.05) is 0 Å². The number of carbonyl (C=O) groups excluding carboxylic acids is 2. The van der Waals surface area contributed by atoms with Gasteiger partial charge in [-0.3, -0.25) is 9.59 Å². The van der Waals surface area contributed by atoms with E-state index in [1.54, 1.807) is 11.8 Å². The van der Waals surface area contributed by atoms with Crippen molar-refractivity contribution in [1.82, 2.24) is 4.90 Å². The molecule has 1 amide bonds. The zero-order valence-corrected chi connectivity index (χ0v) is 10.7. The SMILES string of the molecule is CCOC(=O)C1CCCN(C(=O)C(C)(C)O)C1. The number of nitrogens with zero attached hydrogens (tertiary/aromatic N) is 1. The summed E-state index contributed by atoms with van der Waals surface area (Å²) in [5.74, 6) is -0.831. The first kappa shape index (κ1) is 14.0. The van der Waals surface area contributed by atoms with Gasteiger partial charge < -0.3 is 14.7 Å². The lowest BCUT2D eigenvalue weighted by Gasteiger charge is -2.34. The smallest absolute Gasteiger partial charge is 0.310 e. The number of piperidine rings is 1. The van der Waals surface area contributed by atoms with Gasteiger partial charge in [0.05, 0.1) is 12.5 Å². The molecule has 0 radical (unpaired) electrons. The van der Waals surface area contributed by atoms with Crippen molar-refractivity contribution >= 4 is 11.9 Å². The van der Waals surface area contributed by atoms with Gasteiger partial charge in [0.25, 0.3) is 5.91 Å². The lowest BCUT2D eigenvalue weighted by atomic mass is 9.96. The minimum absolute atomic E-state index is 0.249. The van der Waals surface area contributed by atoms with Crippen LogP contribution in [0.1, 0.15) is 33.6 Å². The molecule has 1 aliphatic rings. The molecule has 0 aliphatic carbocycles. The molecule has 1 atom stereocenters. The highest BCUT2D eigenvalue weighted by atomic mass is 16.5. The predicted molar refractivity (Wildman–Crippen MR) is 62.2 cm³/mol. The monoisotopic (exact) mass is 243 g/mol. The number of rotatable bonds is 3. The van der Waals surface area contributed by atoms with Crippen molar-refractivity contribution in [3.8, 4) is 0 Å². The molecule has 1 aliphatic heterocycles. The first-order valence-corrected chi connectivity index (χ1v) is 6.04. The maximum atomic E-state index is 11.9. The summed E-state index contributed by atoms with van der Waals surface area (Å²) in [7, 11) is 0. The maximum Gasteiger partial charge on any atom is 0.310 e. The Morgan fingerprint density at radius 1 is 1.47 bits per heavy atom.